The molecule has 5 heteroatoms. The van der Waals surface area contributed by atoms with Crippen LogP contribution in [-0.4, -0.2) is 55.5 Å². The van der Waals surface area contributed by atoms with E-state index in [1.807, 2.05) is 31.5 Å². The second-order valence-electron chi connectivity index (χ2n) is 5.32. The summed E-state index contributed by atoms with van der Waals surface area (Å²) in [5, 5.41) is 9.49. The van der Waals surface area contributed by atoms with E-state index in [0.717, 1.165) is 23.7 Å². The third kappa shape index (κ3) is 3.10. The molecular formula is C15H22N2O2S. The fourth-order valence-corrected chi connectivity index (χ4v) is 3.46. The van der Waals surface area contributed by atoms with Crippen molar-refractivity contribution in [2.24, 2.45) is 0 Å². The van der Waals surface area contributed by atoms with Crippen LogP contribution in [0.25, 0.3) is 0 Å². The zero-order chi connectivity index (χ0) is 14.7. The summed E-state index contributed by atoms with van der Waals surface area (Å²) in [4.78, 5) is 16.8. The number of aromatic carboxylic acids is 1. The maximum Gasteiger partial charge on any atom is 0.338 e. The lowest BCUT2D eigenvalue weighted by Crippen LogP contribution is -2.37. The average Bonchev–Trinajstić information content (AvgIpc) is 2.83. The van der Waals surface area contributed by atoms with Gasteiger partial charge in [-0.1, -0.05) is 6.07 Å². The van der Waals surface area contributed by atoms with Crippen LogP contribution in [0.3, 0.4) is 0 Å². The van der Waals surface area contributed by atoms with Crippen molar-refractivity contribution in [3.63, 3.8) is 0 Å². The first-order chi connectivity index (χ1) is 9.54. The maximum atomic E-state index is 11.6. The first-order valence-electron chi connectivity index (χ1n) is 6.86. The predicted molar refractivity (Wildman–Crippen MR) is 84.1 cm³/mol. The van der Waals surface area contributed by atoms with Crippen molar-refractivity contribution in [1.29, 1.82) is 0 Å². The number of rotatable bonds is 5. The van der Waals surface area contributed by atoms with Crippen LogP contribution in [0.5, 0.6) is 0 Å². The van der Waals surface area contributed by atoms with E-state index in [-0.39, 0.29) is 0 Å². The molecule has 1 heterocycles. The molecule has 0 aromatic heterocycles. The summed E-state index contributed by atoms with van der Waals surface area (Å²) in [5.41, 5.74) is 1.23. The Hall–Kier alpha value is -1.20. The molecule has 0 saturated carbocycles. The Morgan fingerprint density at radius 1 is 1.55 bits per heavy atom. The molecule has 0 radical (unpaired) electrons. The number of thioether (sulfide) groups is 1. The van der Waals surface area contributed by atoms with Crippen molar-refractivity contribution < 1.29 is 9.90 Å². The summed E-state index contributed by atoms with van der Waals surface area (Å²) >= 11 is 1.48. The number of hydrogen-bond acceptors (Lipinski definition) is 4. The molecule has 20 heavy (non-hydrogen) atoms. The van der Waals surface area contributed by atoms with Gasteiger partial charge >= 0.3 is 5.97 Å². The van der Waals surface area contributed by atoms with Crippen molar-refractivity contribution in [2.45, 2.75) is 23.8 Å². The van der Waals surface area contributed by atoms with Gasteiger partial charge in [-0.3, -0.25) is 0 Å². The van der Waals surface area contributed by atoms with Crippen molar-refractivity contribution in [3.05, 3.63) is 23.8 Å². The maximum absolute atomic E-state index is 11.6. The highest BCUT2D eigenvalue weighted by atomic mass is 32.2. The molecular weight excluding hydrogens is 272 g/mol. The normalized spacial score (nSPS) is 19.2. The van der Waals surface area contributed by atoms with Gasteiger partial charge in [0.1, 0.15) is 0 Å². The molecule has 4 nitrogen and oxygen atoms in total. The highest BCUT2D eigenvalue weighted by Crippen LogP contribution is 2.30. The summed E-state index contributed by atoms with van der Waals surface area (Å²) < 4.78 is 0. The van der Waals surface area contributed by atoms with Crippen molar-refractivity contribution in [2.75, 3.05) is 38.3 Å². The number of carbonyl (C=O) groups is 1. The van der Waals surface area contributed by atoms with E-state index >= 15 is 0 Å². The van der Waals surface area contributed by atoms with Crippen LogP contribution in [0.1, 0.15) is 23.2 Å². The van der Waals surface area contributed by atoms with Gasteiger partial charge in [0.05, 0.1) is 11.3 Å². The van der Waals surface area contributed by atoms with E-state index in [9.17, 15) is 9.90 Å². The zero-order valence-electron chi connectivity index (χ0n) is 12.3. The van der Waals surface area contributed by atoms with E-state index in [2.05, 4.69) is 16.8 Å². The lowest BCUT2D eigenvalue weighted by Gasteiger charge is -2.28. The first kappa shape index (κ1) is 15.2. The largest absolute Gasteiger partial charge is 0.478 e. The summed E-state index contributed by atoms with van der Waals surface area (Å²) in [6.07, 6.45) is 4.33. The molecule has 0 spiro atoms. The highest BCUT2D eigenvalue weighted by Gasteiger charge is 2.24. The van der Waals surface area contributed by atoms with Crippen LogP contribution in [-0.2, 0) is 0 Å². The molecule has 1 aromatic rings. The summed E-state index contributed by atoms with van der Waals surface area (Å²) in [7, 11) is 4.12. The van der Waals surface area contributed by atoms with Crippen molar-refractivity contribution in [1.82, 2.24) is 4.90 Å². The number of carboxylic acids is 1. The SMILES string of the molecule is CSc1cccc(N(C)CC2CCCN2C)c1C(=O)O. The molecule has 0 bridgehead atoms. The summed E-state index contributed by atoms with van der Waals surface area (Å²) in [5.74, 6) is -0.850. The van der Waals surface area contributed by atoms with E-state index in [1.54, 1.807) is 0 Å². The van der Waals surface area contributed by atoms with E-state index in [0.29, 0.717) is 11.6 Å². The van der Waals surface area contributed by atoms with Crippen molar-refractivity contribution in [3.8, 4) is 0 Å². The summed E-state index contributed by atoms with van der Waals surface area (Å²) in [6, 6.07) is 6.22. The number of likely N-dealkylation sites (N-methyl/N-ethyl adjacent to an activating group) is 2. The molecule has 1 aromatic carbocycles. The molecule has 1 unspecified atom stereocenters. The standard InChI is InChI=1S/C15H22N2O2S/c1-16-9-5-6-11(16)10-17(2)12-7-4-8-13(20-3)14(12)15(18)19/h4,7-8,11H,5-6,9-10H2,1-3H3,(H,18,19). The number of benzene rings is 1. The Morgan fingerprint density at radius 3 is 2.85 bits per heavy atom. The Morgan fingerprint density at radius 2 is 2.30 bits per heavy atom. The Kier molecular flexibility index (Phi) is 4.94. The predicted octanol–water partition coefficient (Wildman–Crippen LogP) is 2.64. The molecule has 110 valence electrons. The smallest absolute Gasteiger partial charge is 0.338 e. The van der Waals surface area contributed by atoms with Crippen LogP contribution in [0.2, 0.25) is 0 Å². The minimum Gasteiger partial charge on any atom is -0.478 e. The fourth-order valence-electron chi connectivity index (χ4n) is 2.85. The minimum absolute atomic E-state index is 0.420. The number of carboxylic acid groups (broad SMARTS) is 1. The molecule has 0 amide bonds. The highest BCUT2D eigenvalue weighted by molar-refractivity contribution is 7.98. The fraction of sp³-hybridized carbons (Fsp3) is 0.533. The molecule has 1 fully saturated rings. The van der Waals surface area contributed by atoms with E-state index in [4.69, 9.17) is 0 Å². The second kappa shape index (κ2) is 6.50. The summed E-state index contributed by atoms with van der Waals surface area (Å²) in [6.45, 7) is 2.00. The Bertz CT molecular complexity index is 493. The second-order valence-corrected chi connectivity index (χ2v) is 6.16. The quantitative estimate of drug-likeness (QED) is 0.846. The van der Waals surface area contributed by atoms with E-state index < -0.39 is 5.97 Å². The third-order valence-corrected chi connectivity index (χ3v) is 4.79. The molecule has 1 aliphatic heterocycles. The van der Waals surface area contributed by atoms with Gasteiger partial charge in [0.2, 0.25) is 0 Å². The lowest BCUT2D eigenvalue weighted by atomic mass is 10.1. The average molecular weight is 294 g/mol. The monoisotopic (exact) mass is 294 g/mol. The van der Waals surface area contributed by atoms with Gasteiger partial charge in [0.15, 0.2) is 0 Å². The van der Waals surface area contributed by atoms with Gasteiger partial charge < -0.3 is 14.9 Å². The molecule has 1 saturated heterocycles. The number of anilines is 1. The molecule has 1 aliphatic rings. The van der Waals surface area contributed by atoms with Crippen LogP contribution in [0, 0.1) is 0 Å². The van der Waals surface area contributed by atoms with Gasteiger partial charge in [-0.2, -0.15) is 0 Å². The number of hydrogen-bond donors (Lipinski definition) is 1. The van der Waals surface area contributed by atoms with Gasteiger partial charge in [0, 0.05) is 24.5 Å². The van der Waals surface area contributed by atoms with Gasteiger partial charge in [0.25, 0.3) is 0 Å². The van der Waals surface area contributed by atoms with Crippen LogP contribution < -0.4 is 4.90 Å². The van der Waals surface area contributed by atoms with Gasteiger partial charge in [-0.05, 0) is 44.8 Å². The van der Waals surface area contributed by atoms with Crippen LogP contribution in [0.4, 0.5) is 5.69 Å². The molecule has 1 atom stereocenters. The first-order valence-corrected chi connectivity index (χ1v) is 8.08. The van der Waals surface area contributed by atoms with E-state index in [1.165, 1.54) is 24.6 Å². The Balaban J connectivity index is 2.24. The number of likely N-dealkylation sites (tertiary alicyclic amines) is 1. The molecule has 2 rings (SSSR count). The topological polar surface area (TPSA) is 43.8 Å². The van der Waals surface area contributed by atoms with Crippen molar-refractivity contribution >= 4 is 23.4 Å². The molecule has 0 aliphatic carbocycles. The Labute approximate surface area is 124 Å². The minimum atomic E-state index is -0.850. The van der Waals surface area contributed by atoms with Crippen LogP contribution >= 0.6 is 11.8 Å². The third-order valence-electron chi connectivity index (χ3n) is 4.01. The van der Waals surface area contributed by atoms with Gasteiger partial charge in [-0.25, -0.2) is 4.79 Å². The number of nitrogens with zero attached hydrogens (tertiary/aromatic N) is 2. The molecule has 1 N–H and O–H groups in total. The lowest BCUT2D eigenvalue weighted by molar-refractivity contribution is 0.0694. The zero-order valence-corrected chi connectivity index (χ0v) is 13.1. The van der Waals surface area contributed by atoms with Gasteiger partial charge in [-0.15, -0.1) is 11.8 Å². The van der Waals surface area contributed by atoms with Crippen LogP contribution in [0.15, 0.2) is 23.1 Å².